The summed E-state index contributed by atoms with van der Waals surface area (Å²) in [6, 6.07) is 24.3. The standard InChI is InChI=1S/C22H20N2O2S/c1-16-7-6-8-18(15-16)23-21(25)17-11-13-20(14-12-17)26-22(27)24(2)19-9-4-3-5-10-19/h3-15H,1-2H3,(H,23,25). The second kappa shape index (κ2) is 8.47. The van der Waals surface area contributed by atoms with Crippen LogP contribution in [0.25, 0.3) is 0 Å². The monoisotopic (exact) mass is 376 g/mol. The SMILES string of the molecule is Cc1cccc(NC(=O)c2ccc(OC(=S)N(C)c3ccccc3)cc2)c1. The fourth-order valence-electron chi connectivity index (χ4n) is 2.53. The number of benzene rings is 3. The van der Waals surface area contributed by atoms with Crippen molar-refractivity contribution in [1.29, 1.82) is 0 Å². The molecule has 3 rings (SSSR count). The number of anilines is 2. The summed E-state index contributed by atoms with van der Waals surface area (Å²) in [4.78, 5) is 14.2. The maximum atomic E-state index is 12.4. The first-order chi connectivity index (χ1) is 13.0. The van der Waals surface area contributed by atoms with E-state index in [0.29, 0.717) is 16.5 Å². The minimum Gasteiger partial charge on any atom is -0.432 e. The number of ether oxygens (including phenoxy) is 1. The van der Waals surface area contributed by atoms with Crippen molar-refractivity contribution < 1.29 is 9.53 Å². The fourth-order valence-corrected chi connectivity index (χ4v) is 2.73. The molecule has 4 nitrogen and oxygen atoms in total. The van der Waals surface area contributed by atoms with Crippen LogP contribution in [-0.4, -0.2) is 18.1 Å². The van der Waals surface area contributed by atoms with Gasteiger partial charge in [0.25, 0.3) is 11.1 Å². The Morgan fingerprint density at radius 2 is 1.67 bits per heavy atom. The molecule has 27 heavy (non-hydrogen) atoms. The predicted molar refractivity (Wildman–Crippen MR) is 114 cm³/mol. The zero-order valence-corrected chi connectivity index (χ0v) is 16.0. The Kier molecular flexibility index (Phi) is 5.84. The Bertz CT molecular complexity index is 940. The van der Waals surface area contributed by atoms with Gasteiger partial charge in [-0.15, -0.1) is 0 Å². The highest BCUT2D eigenvalue weighted by Crippen LogP contribution is 2.18. The average molecular weight is 376 g/mol. The largest absolute Gasteiger partial charge is 0.432 e. The first-order valence-electron chi connectivity index (χ1n) is 8.51. The van der Waals surface area contributed by atoms with Crippen molar-refractivity contribution in [3.8, 4) is 5.75 Å². The van der Waals surface area contributed by atoms with Gasteiger partial charge in [-0.25, -0.2) is 0 Å². The Morgan fingerprint density at radius 3 is 2.33 bits per heavy atom. The highest BCUT2D eigenvalue weighted by Gasteiger charge is 2.10. The van der Waals surface area contributed by atoms with Crippen LogP contribution < -0.4 is 15.0 Å². The first kappa shape index (κ1) is 18.6. The van der Waals surface area contributed by atoms with Crippen LogP contribution in [0.15, 0.2) is 78.9 Å². The van der Waals surface area contributed by atoms with Gasteiger partial charge in [-0.2, -0.15) is 0 Å². The zero-order valence-electron chi connectivity index (χ0n) is 15.2. The van der Waals surface area contributed by atoms with E-state index >= 15 is 0 Å². The quantitative estimate of drug-likeness (QED) is 0.647. The maximum Gasteiger partial charge on any atom is 0.269 e. The van der Waals surface area contributed by atoms with Crippen LogP contribution >= 0.6 is 12.2 Å². The zero-order chi connectivity index (χ0) is 19.2. The van der Waals surface area contributed by atoms with E-state index in [0.717, 1.165) is 16.9 Å². The minimum absolute atomic E-state index is 0.170. The molecule has 1 amide bonds. The van der Waals surface area contributed by atoms with E-state index in [1.165, 1.54) is 0 Å². The highest BCUT2D eigenvalue weighted by atomic mass is 32.1. The number of rotatable bonds is 4. The summed E-state index contributed by atoms with van der Waals surface area (Å²) < 4.78 is 5.72. The third-order valence-corrected chi connectivity index (χ3v) is 4.37. The number of amides is 1. The van der Waals surface area contributed by atoms with Crippen LogP contribution in [-0.2, 0) is 0 Å². The molecule has 0 unspecified atom stereocenters. The topological polar surface area (TPSA) is 41.6 Å². The van der Waals surface area contributed by atoms with Crippen molar-refractivity contribution in [3.05, 3.63) is 90.0 Å². The number of hydrogen-bond acceptors (Lipinski definition) is 3. The van der Waals surface area contributed by atoms with Gasteiger partial charge in [-0.3, -0.25) is 4.79 Å². The molecular weight excluding hydrogens is 356 g/mol. The summed E-state index contributed by atoms with van der Waals surface area (Å²) in [6.45, 7) is 1.98. The van der Waals surface area contributed by atoms with E-state index < -0.39 is 0 Å². The molecule has 0 aromatic heterocycles. The van der Waals surface area contributed by atoms with Crippen LogP contribution in [0.4, 0.5) is 11.4 Å². The third-order valence-electron chi connectivity index (χ3n) is 4.01. The van der Waals surface area contributed by atoms with Gasteiger partial charge in [0.05, 0.1) is 0 Å². The van der Waals surface area contributed by atoms with Crippen LogP contribution in [0.3, 0.4) is 0 Å². The number of carbonyl (C=O) groups is 1. The fraction of sp³-hybridized carbons (Fsp3) is 0.0909. The normalized spacial score (nSPS) is 10.1. The molecule has 0 aliphatic carbocycles. The van der Waals surface area contributed by atoms with Gasteiger partial charge in [-0.1, -0.05) is 30.3 Å². The van der Waals surface area contributed by atoms with Crippen molar-refractivity contribution >= 4 is 34.7 Å². The Labute approximate surface area is 164 Å². The van der Waals surface area contributed by atoms with Crippen LogP contribution in [0.2, 0.25) is 0 Å². The molecule has 0 heterocycles. The van der Waals surface area contributed by atoms with Gasteiger partial charge >= 0.3 is 0 Å². The lowest BCUT2D eigenvalue weighted by atomic mass is 10.2. The minimum atomic E-state index is -0.170. The van der Waals surface area contributed by atoms with Crippen molar-refractivity contribution in [3.63, 3.8) is 0 Å². The molecule has 0 bridgehead atoms. The van der Waals surface area contributed by atoms with Gasteiger partial charge in [0, 0.05) is 24.0 Å². The maximum absolute atomic E-state index is 12.4. The Morgan fingerprint density at radius 1 is 0.963 bits per heavy atom. The van der Waals surface area contributed by atoms with Crippen LogP contribution in [0.1, 0.15) is 15.9 Å². The van der Waals surface area contributed by atoms with E-state index in [9.17, 15) is 4.79 Å². The van der Waals surface area contributed by atoms with E-state index in [4.69, 9.17) is 17.0 Å². The number of para-hydroxylation sites is 1. The summed E-state index contributed by atoms with van der Waals surface area (Å²) in [7, 11) is 1.85. The van der Waals surface area contributed by atoms with E-state index in [1.54, 1.807) is 29.2 Å². The predicted octanol–water partition coefficient (Wildman–Crippen LogP) is 5.05. The van der Waals surface area contributed by atoms with E-state index in [1.807, 2.05) is 68.6 Å². The lowest BCUT2D eigenvalue weighted by Crippen LogP contribution is -2.29. The van der Waals surface area contributed by atoms with Gasteiger partial charge in [0.1, 0.15) is 5.75 Å². The first-order valence-corrected chi connectivity index (χ1v) is 8.92. The molecule has 0 aliphatic heterocycles. The van der Waals surface area contributed by atoms with Crippen molar-refractivity contribution in [2.24, 2.45) is 0 Å². The molecule has 0 fully saturated rings. The number of aryl methyl sites for hydroxylation is 1. The van der Waals surface area contributed by atoms with Gasteiger partial charge < -0.3 is 15.0 Å². The molecule has 136 valence electrons. The second-order valence-corrected chi connectivity index (χ2v) is 6.46. The molecule has 0 saturated carbocycles. The number of nitrogens with one attached hydrogen (secondary N) is 1. The lowest BCUT2D eigenvalue weighted by molar-refractivity contribution is 0.102. The summed E-state index contributed by atoms with van der Waals surface area (Å²) >= 11 is 5.35. The molecule has 0 aliphatic rings. The third kappa shape index (κ3) is 4.92. The molecule has 3 aromatic carbocycles. The summed E-state index contributed by atoms with van der Waals surface area (Å²) in [5.74, 6) is 0.408. The number of carbonyl (C=O) groups excluding carboxylic acids is 1. The molecule has 1 N–H and O–H groups in total. The summed E-state index contributed by atoms with van der Waals surface area (Å²) in [5, 5.41) is 3.22. The molecule has 0 radical (unpaired) electrons. The smallest absolute Gasteiger partial charge is 0.269 e. The molecule has 0 saturated heterocycles. The van der Waals surface area contributed by atoms with Gasteiger partial charge in [-0.05, 0) is 73.2 Å². The van der Waals surface area contributed by atoms with Crippen molar-refractivity contribution in [1.82, 2.24) is 0 Å². The Hall–Kier alpha value is -3.18. The van der Waals surface area contributed by atoms with E-state index in [-0.39, 0.29) is 5.91 Å². The molecule has 0 spiro atoms. The molecule has 3 aromatic rings. The van der Waals surface area contributed by atoms with Gasteiger partial charge in [0.2, 0.25) is 0 Å². The number of hydrogen-bond donors (Lipinski definition) is 1. The summed E-state index contributed by atoms with van der Waals surface area (Å²) in [6.07, 6.45) is 0. The number of thiocarbonyl (C=S) groups is 1. The van der Waals surface area contributed by atoms with Crippen LogP contribution in [0.5, 0.6) is 5.75 Å². The van der Waals surface area contributed by atoms with Crippen LogP contribution in [0, 0.1) is 6.92 Å². The van der Waals surface area contributed by atoms with Gasteiger partial charge in [0.15, 0.2) is 0 Å². The van der Waals surface area contributed by atoms with E-state index in [2.05, 4.69) is 5.32 Å². The molecular formula is C22H20N2O2S. The highest BCUT2D eigenvalue weighted by molar-refractivity contribution is 7.80. The number of nitrogens with zero attached hydrogens (tertiary/aromatic N) is 1. The second-order valence-electron chi connectivity index (χ2n) is 6.11. The Balaban J connectivity index is 1.63. The van der Waals surface area contributed by atoms with Crippen molar-refractivity contribution in [2.75, 3.05) is 17.3 Å². The average Bonchev–Trinajstić information content (AvgIpc) is 2.68. The van der Waals surface area contributed by atoms with Crippen molar-refractivity contribution in [2.45, 2.75) is 6.92 Å². The lowest BCUT2D eigenvalue weighted by Gasteiger charge is -2.19. The summed E-state index contributed by atoms with van der Waals surface area (Å²) in [5.41, 5.74) is 3.35. The molecule has 0 atom stereocenters. The molecule has 5 heteroatoms.